The summed E-state index contributed by atoms with van der Waals surface area (Å²) in [4.78, 5) is 25.3. The number of imide groups is 1. The quantitative estimate of drug-likeness (QED) is 0.796. The van der Waals surface area contributed by atoms with E-state index in [1.165, 1.54) is 6.07 Å². The Morgan fingerprint density at radius 2 is 1.95 bits per heavy atom. The first kappa shape index (κ1) is 15.9. The third-order valence-electron chi connectivity index (χ3n) is 3.08. The Morgan fingerprint density at radius 3 is 2.57 bits per heavy atom. The van der Waals surface area contributed by atoms with Crippen LogP contribution in [0.3, 0.4) is 0 Å². The Morgan fingerprint density at radius 1 is 1.24 bits per heavy atom. The van der Waals surface area contributed by atoms with E-state index < -0.39 is 21.8 Å². The van der Waals surface area contributed by atoms with Crippen LogP contribution in [0.25, 0.3) is 0 Å². The van der Waals surface area contributed by atoms with Gasteiger partial charge >= 0.3 is 0 Å². The summed E-state index contributed by atoms with van der Waals surface area (Å²) in [5, 5.41) is 0.222. The fourth-order valence-electron chi connectivity index (χ4n) is 2.15. The molecule has 0 unspecified atom stereocenters. The number of rotatable bonds is 6. The van der Waals surface area contributed by atoms with E-state index in [2.05, 4.69) is 4.72 Å². The summed E-state index contributed by atoms with van der Waals surface area (Å²) in [6, 6.07) is 4.67. The molecule has 1 aromatic rings. The summed E-state index contributed by atoms with van der Waals surface area (Å²) in [6.07, 6.45) is 0.498. The molecule has 2 amide bonds. The minimum atomic E-state index is -3.36. The standard InChI is InChI=1S/C13H15ClN2O4S/c1-2-8-21(19,20)15-6-7-16-12(17)9-4-3-5-10(14)11(9)13(16)18/h3-5,15H,2,6-8H2,1H3. The van der Waals surface area contributed by atoms with Gasteiger partial charge in [0.2, 0.25) is 10.0 Å². The highest BCUT2D eigenvalue weighted by Gasteiger charge is 2.36. The number of nitrogens with zero attached hydrogens (tertiary/aromatic N) is 1. The molecule has 0 saturated carbocycles. The number of hydrogen-bond acceptors (Lipinski definition) is 4. The SMILES string of the molecule is CCCS(=O)(=O)NCCN1C(=O)c2cccc(Cl)c2C1=O. The number of carbonyl (C=O) groups excluding carboxylic acids is 2. The molecule has 2 rings (SSSR count). The molecule has 21 heavy (non-hydrogen) atoms. The van der Waals surface area contributed by atoms with Crippen molar-refractivity contribution in [1.29, 1.82) is 0 Å². The van der Waals surface area contributed by atoms with Crippen LogP contribution < -0.4 is 4.72 Å². The predicted octanol–water partition coefficient (Wildman–Crippen LogP) is 1.27. The van der Waals surface area contributed by atoms with Gasteiger partial charge in [0.05, 0.1) is 21.9 Å². The molecule has 0 aliphatic carbocycles. The Kier molecular flexibility index (Phi) is 4.65. The van der Waals surface area contributed by atoms with Crippen LogP contribution in [-0.4, -0.2) is 44.0 Å². The number of fused-ring (bicyclic) bond motifs is 1. The Labute approximate surface area is 128 Å². The van der Waals surface area contributed by atoms with Gasteiger partial charge < -0.3 is 0 Å². The number of benzene rings is 1. The normalized spacial score (nSPS) is 14.7. The van der Waals surface area contributed by atoms with Crippen LogP contribution in [0.5, 0.6) is 0 Å². The molecule has 1 heterocycles. The zero-order valence-electron chi connectivity index (χ0n) is 11.4. The average molecular weight is 331 g/mol. The smallest absolute Gasteiger partial charge is 0.263 e. The van der Waals surface area contributed by atoms with Crippen LogP contribution in [0.15, 0.2) is 18.2 Å². The largest absolute Gasteiger partial charge is 0.273 e. The highest BCUT2D eigenvalue weighted by Crippen LogP contribution is 2.28. The van der Waals surface area contributed by atoms with Gasteiger partial charge in [0.15, 0.2) is 0 Å². The van der Waals surface area contributed by atoms with Crippen molar-refractivity contribution < 1.29 is 18.0 Å². The van der Waals surface area contributed by atoms with Crippen molar-refractivity contribution in [3.63, 3.8) is 0 Å². The second-order valence-electron chi connectivity index (χ2n) is 4.64. The molecule has 0 fully saturated rings. The summed E-state index contributed by atoms with van der Waals surface area (Å²) in [7, 11) is -3.36. The predicted molar refractivity (Wildman–Crippen MR) is 78.9 cm³/mol. The maximum Gasteiger partial charge on any atom is 0.263 e. The van der Waals surface area contributed by atoms with Gasteiger partial charge in [-0.2, -0.15) is 0 Å². The number of halogens is 1. The fourth-order valence-corrected chi connectivity index (χ4v) is 3.49. The maximum absolute atomic E-state index is 12.2. The zero-order chi connectivity index (χ0) is 15.6. The number of amides is 2. The summed E-state index contributed by atoms with van der Waals surface area (Å²) in [5.74, 6) is -0.927. The molecular formula is C13H15ClN2O4S. The van der Waals surface area contributed by atoms with E-state index in [0.29, 0.717) is 6.42 Å². The maximum atomic E-state index is 12.2. The molecule has 1 aliphatic heterocycles. The lowest BCUT2D eigenvalue weighted by Gasteiger charge is -2.14. The molecule has 6 nitrogen and oxygen atoms in total. The summed E-state index contributed by atoms with van der Waals surface area (Å²) in [6.45, 7) is 1.72. The molecule has 0 atom stereocenters. The van der Waals surface area contributed by atoms with Crippen molar-refractivity contribution in [1.82, 2.24) is 9.62 Å². The van der Waals surface area contributed by atoms with Crippen LogP contribution >= 0.6 is 11.6 Å². The molecule has 0 aromatic heterocycles. The third kappa shape index (κ3) is 3.25. The fraction of sp³-hybridized carbons (Fsp3) is 0.385. The summed E-state index contributed by atoms with van der Waals surface area (Å²) < 4.78 is 25.4. The van der Waals surface area contributed by atoms with Crippen molar-refractivity contribution in [2.24, 2.45) is 0 Å². The van der Waals surface area contributed by atoms with Crippen molar-refractivity contribution in [2.75, 3.05) is 18.8 Å². The molecule has 0 spiro atoms. The lowest BCUT2D eigenvalue weighted by molar-refractivity contribution is 0.0657. The zero-order valence-corrected chi connectivity index (χ0v) is 13.0. The molecule has 1 aliphatic rings. The second-order valence-corrected chi connectivity index (χ2v) is 6.97. The van der Waals surface area contributed by atoms with E-state index >= 15 is 0 Å². The van der Waals surface area contributed by atoms with Gasteiger partial charge in [-0.25, -0.2) is 13.1 Å². The molecular weight excluding hydrogens is 316 g/mol. The van der Waals surface area contributed by atoms with Gasteiger partial charge in [-0.1, -0.05) is 24.6 Å². The molecule has 1 aromatic carbocycles. The molecule has 114 valence electrons. The minimum absolute atomic E-state index is 0.00851. The number of nitrogens with one attached hydrogen (secondary N) is 1. The van der Waals surface area contributed by atoms with Crippen LogP contribution in [0.2, 0.25) is 5.02 Å². The van der Waals surface area contributed by atoms with Gasteiger partial charge in [-0.3, -0.25) is 14.5 Å². The highest BCUT2D eigenvalue weighted by molar-refractivity contribution is 7.89. The lowest BCUT2D eigenvalue weighted by Crippen LogP contribution is -2.38. The lowest BCUT2D eigenvalue weighted by atomic mass is 10.1. The summed E-state index contributed by atoms with van der Waals surface area (Å²) >= 11 is 5.93. The number of hydrogen-bond donors (Lipinski definition) is 1. The molecule has 1 N–H and O–H groups in total. The van der Waals surface area contributed by atoms with E-state index in [4.69, 9.17) is 11.6 Å². The van der Waals surface area contributed by atoms with Gasteiger partial charge in [0, 0.05) is 13.1 Å². The van der Waals surface area contributed by atoms with Gasteiger partial charge in [0.25, 0.3) is 11.8 Å². The Bertz CT molecular complexity index is 687. The van der Waals surface area contributed by atoms with E-state index in [1.54, 1.807) is 19.1 Å². The topological polar surface area (TPSA) is 83.6 Å². The van der Waals surface area contributed by atoms with Crippen LogP contribution in [-0.2, 0) is 10.0 Å². The molecule has 0 saturated heterocycles. The van der Waals surface area contributed by atoms with E-state index in [9.17, 15) is 18.0 Å². The van der Waals surface area contributed by atoms with Gasteiger partial charge in [-0.05, 0) is 18.6 Å². The highest BCUT2D eigenvalue weighted by atomic mass is 35.5. The summed E-state index contributed by atoms with van der Waals surface area (Å²) in [5.41, 5.74) is 0.435. The first-order valence-corrected chi connectivity index (χ1v) is 8.52. The first-order valence-electron chi connectivity index (χ1n) is 6.49. The van der Waals surface area contributed by atoms with E-state index in [-0.39, 0.29) is 35.0 Å². The number of sulfonamides is 1. The van der Waals surface area contributed by atoms with Crippen molar-refractivity contribution >= 4 is 33.4 Å². The Balaban J connectivity index is 2.06. The third-order valence-corrected chi connectivity index (χ3v) is 4.98. The van der Waals surface area contributed by atoms with Crippen molar-refractivity contribution in [3.8, 4) is 0 Å². The molecule has 8 heteroatoms. The molecule has 0 radical (unpaired) electrons. The second kappa shape index (κ2) is 6.13. The van der Waals surface area contributed by atoms with Gasteiger partial charge in [-0.15, -0.1) is 0 Å². The monoisotopic (exact) mass is 330 g/mol. The minimum Gasteiger partial charge on any atom is -0.273 e. The van der Waals surface area contributed by atoms with Crippen LogP contribution in [0, 0.1) is 0 Å². The average Bonchev–Trinajstić information content (AvgIpc) is 2.64. The van der Waals surface area contributed by atoms with E-state index in [0.717, 1.165) is 4.90 Å². The van der Waals surface area contributed by atoms with Gasteiger partial charge in [0.1, 0.15) is 0 Å². The van der Waals surface area contributed by atoms with E-state index in [1.807, 2.05) is 0 Å². The number of carbonyl (C=O) groups is 2. The Hall–Kier alpha value is -1.44. The van der Waals surface area contributed by atoms with Crippen molar-refractivity contribution in [3.05, 3.63) is 34.3 Å². The first-order chi connectivity index (χ1) is 9.87. The van der Waals surface area contributed by atoms with Crippen LogP contribution in [0.4, 0.5) is 0 Å². The molecule has 0 bridgehead atoms. The van der Waals surface area contributed by atoms with Crippen molar-refractivity contribution in [2.45, 2.75) is 13.3 Å². The van der Waals surface area contributed by atoms with Crippen LogP contribution in [0.1, 0.15) is 34.1 Å².